The molecule has 0 fully saturated rings. The molecule has 0 aliphatic carbocycles. The second-order valence-corrected chi connectivity index (χ2v) is 8.60. The summed E-state index contributed by atoms with van der Waals surface area (Å²) in [7, 11) is 0. The maximum absolute atomic E-state index is 14.4. The molecule has 0 saturated heterocycles. The molecule has 0 radical (unpaired) electrons. The van der Waals surface area contributed by atoms with Crippen molar-refractivity contribution in [3.63, 3.8) is 0 Å². The summed E-state index contributed by atoms with van der Waals surface area (Å²) < 4.78 is 28.0. The number of benzene rings is 3. The molecule has 0 bridgehead atoms. The fourth-order valence-corrected chi connectivity index (χ4v) is 4.57. The second kappa shape index (κ2) is 9.61. The van der Waals surface area contributed by atoms with Gasteiger partial charge in [0.05, 0.1) is 0 Å². The summed E-state index contributed by atoms with van der Waals surface area (Å²) in [5, 5.41) is 12.1. The molecule has 3 aromatic carbocycles. The van der Waals surface area contributed by atoms with Crippen molar-refractivity contribution >= 4 is 23.0 Å². The molecular weight excluding hydrogens is 422 g/mol. The van der Waals surface area contributed by atoms with Gasteiger partial charge in [0, 0.05) is 36.6 Å². The highest BCUT2D eigenvalue weighted by atomic mass is 19.1. The van der Waals surface area contributed by atoms with E-state index >= 15 is 0 Å². The molecule has 0 unspecified atom stereocenters. The highest BCUT2D eigenvalue weighted by Crippen LogP contribution is 2.39. The van der Waals surface area contributed by atoms with E-state index in [1.165, 1.54) is 23.4 Å². The molecule has 2 N–H and O–H groups in total. The Morgan fingerprint density at radius 1 is 1.06 bits per heavy atom. The van der Waals surface area contributed by atoms with Crippen molar-refractivity contribution in [1.82, 2.24) is 0 Å². The van der Waals surface area contributed by atoms with Crippen LogP contribution in [0.15, 0.2) is 48.5 Å². The Kier molecular flexibility index (Phi) is 6.63. The molecule has 0 amide bonds. The van der Waals surface area contributed by atoms with Crippen molar-refractivity contribution in [2.45, 2.75) is 46.1 Å². The van der Waals surface area contributed by atoms with Gasteiger partial charge in [-0.1, -0.05) is 18.2 Å². The van der Waals surface area contributed by atoms with Gasteiger partial charge < -0.3 is 15.3 Å². The number of hydrogen-bond acceptors (Lipinski definition) is 3. The number of anilines is 3. The number of carbonyl (C=O) groups is 1. The lowest BCUT2D eigenvalue weighted by molar-refractivity contribution is -0.136. The molecule has 33 heavy (non-hydrogen) atoms. The molecule has 0 atom stereocenters. The van der Waals surface area contributed by atoms with Gasteiger partial charge in [-0.25, -0.2) is 8.78 Å². The Balaban J connectivity index is 1.56. The van der Waals surface area contributed by atoms with E-state index < -0.39 is 11.8 Å². The smallest absolute Gasteiger partial charge is 0.303 e. The van der Waals surface area contributed by atoms with Crippen LogP contribution >= 0.6 is 0 Å². The van der Waals surface area contributed by atoms with E-state index in [-0.39, 0.29) is 18.7 Å². The topological polar surface area (TPSA) is 52.6 Å². The van der Waals surface area contributed by atoms with Gasteiger partial charge in [0.2, 0.25) is 0 Å². The Labute approximate surface area is 192 Å². The molecule has 4 rings (SSSR count). The summed E-state index contributed by atoms with van der Waals surface area (Å²) in [5.74, 6) is -1.57. The Morgan fingerprint density at radius 2 is 1.85 bits per heavy atom. The number of carboxylic acid groups (broad SMARTS) is 1. The number of hydrogen-bond donors (Lipinski definition) is 2. The summed E-state index contributed by atoms with van der Waals surface area (Å²) in [5.41, 5.74) is 7.69. The van der Waals surface area contributed by atoms with Gasteiger partial charge in [0.1, 0.15) is 11.6 Å². The van der Waals surface area contributed by atoms with Crippen LogP contribution in [0.25, 0.3) is 0 Å². The van der Waals surface area contributed by atoms with Crippen molar-refractivity contribution in [2.75, 3.05) is 16.8 Å². The first-order chi connectivity index (χ1) is 15.8. The summed E-state index contributed by atoms with van der Waals surface area (Å²) in [6.07, 6.45) is 2.12. The first-order valence-corrected chi connectivity index (χ1v) is 11.2. The lowest BCUT2D eigenvalue weighted by Crippen LogP contribution is -2.26. The minimum atomic E-state index is -0.940. The second-order valence-electron chi connectivity index (χ2n) is 8.60. The first kappa shape index (κ1) is 22.8. The molecule has 1 aliphatic heterocycles. The standard InChI is InChI=1S/C27H28F2N2O2/c1-17-14-22(28)9-11-25(17)31-13-3-4-20-5-6-21(18(2)27(20)31)16-30-23-10-7-19(24(29)15-23)8-12-26(32)33/h5-7,9-11,14-15,30H,3-4,8,12-13,16H2,1-2H3,(H,32,33). The molecule has 1 aliphatic rings. The first-order valence-electron chi connectivity index (χ1n) is 11.2. The SMILES string of the molecule is Cc1cc(F)ccc1N1CCCc2ccc(CNc3ccc(CCC(=O)O)c(F)c3)c(C)c21. The van der Waals surface area contributed by atoms with E-state index in [1.807, 2.05) is 13.0 Å². The number of nitrogens with zero attached hydrogens (tertiary/aromatic N) is 1. The van der Waals surface area contributed by atoms with Gasteiger partial charge >= 0.3 is 5.97 Å². The van der Waals surface area contributed by atoms with Crippen molar-refractivity contribution in [3.8, 4) is 0 Å². The van der Waals surface area contributed by atoms with Crippen LogP contribution in [0.5, 0.6) is 0 Å². The number of rotatable bonds is 7. The zero-order chi connectivity index (χ0) is 23.5. The lowest BCUT2D eigenvalue weighted by atomic mass is 9.93. The fourth-order valence-electron chi connectivity index (χ4n) is 4.57. The maximum atomic E-state index is 14.4. The monoisotopic (exact) mass is 450 g/mol. The summed E-state index contributed by atoms with van der Waals surface area (Å²) in [6, 6.07) is 14.0. The quantitative estimate of drug-likeness (QED) is 0.444. The largest absolute Gasteiger partial charge is 0.481 e. The predicted molar refractivity (Wildman–Crippen MR) is 127 cm³/mol. The minimum absolute atomic E-state index is 0.0952. The van der Waals surface area contributed by atoms with Gasteiger partial charge in [0.25, 0.3) is 0 Å². The van der Waals surface area contributed by atoms with E-state index in [0.717, 1.165) is 41.8 Å². The molecule has 3 aromatic rings. The van der Waals surface area contributed by atoms with Crippen LogP contribution in [0.1, 0.15) is 40.7 Å². The van der Waals surface area contributed by atoms with Crippen LogP contribution in [0.2, 0.25) is 0 Å². The van der Waals surface area contributed by atoms with Crippen molar-refractivity contribution in [2.24, 2.45) is 0 Å². The molecular formula is C27H28F2N2O2. The zero-order valence-electron chi connectivity index (χ0n) is 18.9. The number of aryl methyl sites for hydroxylation is 3. The summed E-state index contributed by atoms with van der Waals surface area (Å²) >= 11 is 0. The average Bonchev–Trinajstić information content (AvgIpc) is 2.77. The van der Waals surface area contributed by atoms with E-state index in [4.69, 9.17) is 5.11 Å². The Hall–Kier alpha value is -3.41. The van der Waals surface area contributed by atoms with Crippen LogP contribution < -0.4 is 10.2 Å². The third kappa shape index (κ3) is 5.00. The number of fused-ring (bicyclic) bond motifs is 1. The average molecular weight is 451 g/mol. The van der Waals surface area contributed by atoms with Crippen LogP contribution in [0.3, 0.4) is 0 Å². The predicted octanol–water partition coefficient (Wildman–Crippen LogP) is 6.30. The third-order valence-corrected chi connectivity index (χ3v) is 6.32. The van der Waals surface area contributed by atoms with Crippen molar-refractivity contribution in [1.29, 1.82) is 0 Å². The van der Waals surface area contributed by atoms with Gasteiger partial charge in [-0.3, -0.25) is 4.79 Å². The van der Waals surface area contributed by atoms with Crippen LogP contribution in [-0.2, 0) is 24.2 Å². The Bertz CT molecular complexity index is 1190. The van der Waals surface area contributed by atoms with Crippen LogP contribution in [0, 0.1) is 25.5 Å². The fraction of sp³-hybridized carbons (Fsp3) is 0.296. The zero-order valence-corrected chi connectivity index (χ0v) is 18.9. The highest BCUT2D eigenvalue weighted by Gasteiger charge is 2.23. The number of carboxylic acids is 1. The van der Waals surface area contributed by atoms with E-state index in [9.17, 15) is 13.6 Å². The van der Waals surface area contributed by atoms with Gasteiger partial charge in [-0.05, 0) is 91.3 Å². The third-order valence-electron chi connectivity index (χ3n) is 6.32. The highest BCUT2D eigenvalue weighted by molar-refractivity contribution is 5.74. The lowest BCUT2D eigenvalue weighted by Gasteiger charge is -2.35. The molecule has 1 heterocycles. The molecule has 0 spiro atoms. The van der Waals surface area contributed by atoms with Crippen LogP contribution in [0.4, 0.5) is 25.8 Å². The van der Waals surface area contributed by atoms with E-state index in [0.29, 0.717) is 17.8 Å². The molecule has 0 aromatic heterocycles. The van der Waals surface area contributed by atoms with Crippen molar-refractivity contribution < 1.29 is 18.7 Å². The summed E-state index contributed by atoms with van der Waals surface area (Å²) in [4.78, 5) is 13.0. The van der Waals surface area contributed by atoms with Gasteiger partial charge in [-0.2, -0.15) is 0 Å². The van der Waals surface area contributed by atoms with Gasteiger partial charge in [0.15, 0.2) is 0 Å². The molecule has 6 heteroatoms. The minimum Gasteiger partial charge on any atom is -0.481 e. The molecule has 172 valence electrons. The molecule has 0 saturated carbocycles. The van der Waals surface area contributed by atoms with E-state index in [1.54, 1.807) is 18.2 Å². The van der Waals surface area contributed by atoms with Crippen LogP contribution in [-0.4, -0.2) is 17.6 Å². The van der Waals surface area contributed by atoms with Gasteiger partial charge in [-0.15, -0.1) is 0 Å². The number of halogens is 2. The normalized spacial score (nSPS) is 13.0. The molecule has 4 nitrogen and oxygen atoms in total. The maximum Gasteiger partial charge on any atom is 0.303 e. The number of aliphatic carboxylic acids is 1. The van der Waals surface area contributed by atoms with E-state index in [2.05, 4.69) is 29.3 Å². The summed E-state index contributed by atoms with van der Waals surface area (Å²) in [6.45, 7) is 5.44. The van der Waals surface area contributed by atoms with Crippen molar-refractivity contribution in [3.05, 3.63) is 88.0 Å². The number of nitrogens with one attached hydrogen (secondary N) is 1. The Morgan fingerprint density at radius 3 is 2.58 bits per heavy atom.